The molecule has 3 rings (SSSR count). The zero-order valence-electron chi connectivity index (χ0n) is 11.2. The van der Waals surface area contributed by atoms with Crippen LogP contribution in [0.25, 0.3) is 0 Å². The highest BCUT2D eigenvalue weighted by molar-refractivity contribution is 6.03. The number of para-hydroxylation sites is 1. The molecule has 2 nitrogen and oxygen atoms in total. The van der Waals surface area contributed by atoms with Crippen molar-refractivity contribution < 1.29 is 4.79 Å². The van der Waals surface area contributed by atoms with Gasteiger partial charge < -0.3 is 5.32 Å². The largest absolute Gasteiger partial charge is 0.325 e. The number of carbonyl (C=O) groups is 1. The van der Waals surface area contributed by atoms with Crippen molar-refractivity contribution in [3.8, 4) is 0 Å². The van der Waals surface area contributed by atoms with E-state index >= 15 is 0 Å². The lowest BCUT2D eigenvalue weighted by atomic mass is 9.90. The molecule has 0 spiro atoms. The van der Waals surface area contributed by atoms with E-state index in [9.17, 15) is 4.79 Å². The number of rotatable bonds is 2. The number of carbonyl (C=O) groups excluding carboxylic acids is 1. The van der Waals surface area contributed by atoms with E-state index < -0.39 is 0 Å². The molecule has 1 atom stereocenters. The molecule has 1 aliphatic rings. The number of anilines is 1. The minimum atomic E-state index is -0.0593. The normalized spacial score (nSPS) is 17.2. The number of aryl methyl sites for hydroxylation is 2. The Morgan fingerprint density at radius 2 is 1.74 bits per heavy atom. The van der Waals surface area contributed by atoms with Crippen LogP contribution in [-0.4, -0.2) is 5.91 Å². The summed E-state index contributed by atoms with van der Waals surface area (Å²) >= 11 is 0. The Bertz CT molecular complexity index is 645. The van der Waals surface area contributed by atoms with Crippen molar-refractivity contribution in [3.05, 3.63) is 64.7 Å². The van der Waals surface area contributed by atoms with Gasteiger partial charge in [0.25, 0.3) is 0 Å². The SMILES string of the molecule is Cc1ccccc1C[C@@H]1C(=O)Nc2c(C)cccc21. The molecule has 19 heavy (non-hydrogen) atoms. The minimum Gasteiger partial charge on any atom is -0.325 e. The summed E-state index contributed by atoms with van der Waals surface area (Å²) in [5.74, 6) is 0.0588. The summed E-state index contributed by atoms with van der Waals surface area (Å²) in [5.41, 5.74) is 5.77. The summed E-state index contributed by atoms with van der Waals surface area (Å²) < 4.78 is 0. The number of fused-ring (bicyclic) bond motifs is 1. The van der Waals surface area contributed by atoms with Crippen LogP contribution >= 0.6 is 0 Å². The molecule has 1 amide bonds. The molecule has 96 valence electrons. The minimum absolute atomic E-state index is 0.0593. The summed E-state index contributed by atoms with van der Waals surface area (Å²) in [6, 6.07) is 14.4. The fourth-order valence-electron chi connectivity index (χ4n) is 2.76. The summed E-state index contributed by atoms with van der Waals surface area (Å²) in [6.45, 7) is 4.13. The van der Waals surface area contributed by atoms with Crippen molar-refractivity contribution in [2.75, 3.05) is 5.32 Å². The molecule has 0 fully saturated rings. The van der Waals surface area contributed by atoms with E-state index in [1.807, 2.05) is 31.2 Å². The first kappa shape index (κ1) is 12.0. The Balaban J connectivity index is 1.97. The average molecular weight is 251 g/mol. The fraction of sp³-hybridized carbons (Fsp3) is 0.235. The third-order valence-corrected chi connectivity index (χ3v) is 3.93. The smallest absolute Gasteiger partial charge is 0.232 e. The second kappa shape index (κ2) is 4.54. The van der Waals surface area contributed by atoms with Crippen molar-refractivity contribution in [2.45, 2.75) is 26.2 Å². The molecule has 2 heteroatoms. The quantitative estimate of drug-likeness (QED) is 0.868. The number of benzene rings is 2. The van der Waals surface area contributed by atoms with Crippen molar-refractivity contribution >= 4 is 11.6 Å². The van der Waals surface area contributed by atoms with Crippen LogP contribution in [0.4, 0.5) is 5.69 Å². The van der Waals surface area contributed by atoms with E-state index in [1.54, 1.807) is 0 Å². The molecule has 0 bridgehead atoms. The second-order valence-corrected chi connectivity index (χ2v) is 5.21. The molecule has 2 aromatic rings. The predicted octanol–water partition coefficient (Wildman–Crippen LogP) is 3.58. The van der Waals surface area contributed by atoms with Crippen molar-refractivity contribution in [1.29, 1.82) is 0 Å². The highest BCUT2D eigenvalue weighted by atomic mass is 16.2. The van der Waals surface area contributed by atoms with Crippen LogP contribution in [0.3, 0.4) is 0 Å². The maximum Gasteiger partial charge on any atom is 0.232 e. The standard InChI is InChI=1S/C17H17NO/c1-11-6-3-4-8-13(11)10-15-14-9-5-7-12(2)16(14)18-17(15)19/h3-9,15H,10H2,1-2H3,(H,18,19)/t15-/m0/s1. The van der Waals surface area contributed by atoms with Gasteiger partial charge >= 0.3 is 0 Å². The van der Waals surface area contributed by atoms with Gasteiger partial charge in [-0.2, -0.15) is 0 Å². The summed E-state index contributed by atoms with van der Waals surface area (Å²) in [5, 5.41) is 3.02. The highest BCUT2D eigenvalue weighted by Crippen LogP contribution is 2.37. The Kier molecular flexibility index (Phi) is 2.86. The van der Waals surface area contributed by atoms with Crippen molar-refractivity contribution in [3.63, 3.8) is 0 Å². The van der Waals surface area contributed by atoms with E-state index in [2.05, 4.69) is 30.4 Å². The van der Waals surface area contributed by atoms with Crippen LogP contribution in [-0.2, 0) is 11.2 Å². The van der Waals surface area contributed by atoms with E-state index in [0.717, 1.165) is 23.2 Å². The highest BCUT2D eigenvalue weighted by Gasteiger charge is 2.31. The first-order valence-electron chi connectivity index (χ1n) is 6.61. The van der Waals surface area contributed by atoms with Crippen LogP contribution in [0.2, 0.25) is 0 Å². The molecule has 0 radical (unpaired) electrons. The number of amides is 1. The molecule has 0 aromatic heterocycles. The molecule has 1 N–H and O–H groups in total. The van der Waals surface area contributed by atoms with Gasteiger partial charge in [-0.3, -0.25) is 4.79 Å². The Hall–Kier alpha value is -2.09. The first-order chi connectivity index (χ1) is 9.16. The molecule has 1 aliphatic heterocycles. The van der Waals surface area contributed by atoms with E-state index in [0.29, 0.717) is 0 Å². The van der Waals surface area contributed by atoms with E-state index in [4.69, 9.17) is 0 Å². The molecular weight excluding hydrogens is 234 g/mol. The number of hydrogen-bond acceptors (Lipinski definition) is 1. The maximum absolute atomic E-state index is 12.2. The zero-order valence-corrected chi connectivity index (χ0v) is 11.2. The predicted molar refractivity (Wildman–Crippen MR) is 77.4 cm³/mol. The first-order valence-corrected chi connectivity index (χ1v) is 6.61. The topological polar surface area (TPSA) is 29.1 Å². The number of nitrogens with one attached hydrogen (secondary N) is 1. The Morgan fingerprint density at radius 1 is 1.00 bits per heavy atom. The third-order valence-electron chi connectivity index (χ3n) is 3.93. The van der Waals surface area contributed by atoms with Gasteiger partial charge in [-0.25, -0.2) is 0 Å². The number of hydrogen-bond donors (Lipinski definition) is 1. The molecule has 0 aliphatic carbocycles. The molecule has 0 unspecified atom stereocenters. The average Bonchev–Trinajstić information content (AvgIpc) is 2.71. The van der Waals surface area contributed by atoms with Gasteiger partial charge in [-0.15, -0.1) is 0 Å². The summed E-state index contributed by atoms with van der Waals surface area (Å²) in [4.78, 5) is 12.2. The van der Waals surface area contributed by atoms with Crippen LogP contribution in [0, 0.1) is 13.8 Å². The molecule has 1 heterocycles. The zero-order chi connectivity index (χ0) is 13.4. The van der Waals surface area contributed by atoms with E-state index in [-0.39, 0.29) is 11.8 Å². The Morgan fingerprint density at radius 3 is 2.53 bits per heavy atom. The van der Waals surface area contributed by atoms with E-state index in [1.165, 1.54) is 11.1 Å². The van der Waals surface area contributed by atoms with Crippen LogP contribution < -0.4 is 5.32 Å². The van der Waals surface area contributed by atoms with Crippen LogP contribution in [0.1, 0.15) is 28.2 Å². The lowest BCUT2D eigenvalue weighted by molar-refractivity contribution is -0.117. The Labute approximate surface area is 113 Å². The monoisotopic (exact) mass is 251 g/mol. The fourth-order valence-corrected chi connectivity index (χ4v) is 2.76. The van der Waals surface area contributed by atoms with Gasteiger partial charge in [0.05, 0.1) is 5.92 Å². The van der Waals surface area contributed by atoms with Gasteiger partial charge in [-0.05, 0) is 42.5 Å². The van der Waals surface area contributed by atoms with Gasteiger partial charge in [0.2, 0.25) is 5.91 Å². The molecule has 2 aromatic carbocycles. The van der Waals surface area contributed by atoms with Crippen molar-refractivity contribution in [2.24, 2.45) is 0 Å². The lowest BCUT2D eigenvalue weighted by Crippen LogP contribution is -2.14. The van der Waals surface area contributed by atoms with Gasteiger partial charge in [0.1, 0.15) is 0 Å². The van der Waals surface area contributed by atoms with Gasteiger partial charge in [0, 0.05) is 5.69 Å². The lowest BCUT2D eigenvalue weighted by Gasteiger charge is -2.11. The maximum atomic E-state index is 12.2. The third kappa shape index (κ3) is 2.03. The van der Waals surface area contributed by atoms with Gasteiger partial charge in [0.15, 0.2) is 0 Å². The van der Waals surface area contributed by atoms with Crippen LogP contribution in [0.15, 0.2) is 42.5 Å². The van der Waals surface area contributed by atoms with Gasteiger partial charge in [-0.1, -0.05) is 42.5 Å². The molecule has 0 saturated carbocycles. The molecular formula is C17H17NO. The van der Waals surface area contributed by atoms with Crippen LogP contribution in [0.5, 0.6) is 0 Å². The second-order valence-electron chi connectivity index (χ2n) is 5.21. The van der Waals surface area contributed by atoms with Crippen molar-refractivity contribution in [1.82, 2.24) is 0 Å². The summed E-state index contributed by atoms with van der Waals surface area (Å²) in [7, 11) is 0. The molecule has 0 saturated heterocycles. The summed E-state index contributed by atoms with van der Waals surface area (Å²) in [6.07, 6.45) is 0.773.